The molecule has 0 aliphatic carbocycles. The molecule has 1 aromatic heterocycles. The first-order valence-corrected chi connectivity index (χ1v) is 5.96. The zero-order chi connectivity index (χ0) is 11.8. The maximum absolute atomic E-state index is 10.0. The van der Waals surface area contributed by atoms with Crippen LogP contribution in [0.15, 0.2) is 6.20 Å². The third-order valence-corrected chi connectivity index (χ3v) is 3.50. The van der Waals surface area contributed by atoms with E-state index in [1.54, 1.807) is 6.20 Å². The van der Waals surface area contributed by atoms with E-state index >= 15 is 0 Å². The molecule has 1 N–H and O–H groups in total. The van der Waals surface area contributed by atoms with Gasteiger partial charge in [0.1, 0.15) is 11.0 Å². The van der Waals surface area contributed by atoms with Gasteiger partial charge in [-0.15, -0.1) is 0 Å². The average Bonchev–Trinajstić information content (AvgIpc) is 2.48. The van der Waals surface area contributed by atoms with Crippen LogP contribution in [0.25, 0.3) is 0 Å². The first-order valence-electron chi connectivity index (χ1n) is 5.59. The lowest BCUT2D eigenvalue weighted by atomic mass is 9.95. The van der Waals surface area contributed by atoms with E-state index in [1.807, 2.05) is 18.5 Å². The van der Waals surface area contributed by atoms with E-state index in [-0.39, 0.29) is 0 Å². The third-order valence-electron chi connectivity index (χ3n) is 3.15. The van der Waals surface area contributed by atoms with Gasteiger partial charge in [-0.2, -0.15) is 0 Å². The molecule has 1 aliphatic rings. The molecule has 2 rings (SSSR count). The molecule has 0 aromatic carbocycles. The number of aliphatic hydroxyl groups is 1. The van der Waals surface area contributed by atoms with Gasteiger partial charge < -0.3 is 9.67 Å². The summed E-state index contributed by atoms with van der Waals surface area (Å²) < 4.78 is 1.88. The van der Waals surface area contributed by atoms with Crippen molar-refractivity contribution >= 4 is 11.6 Å². The van der Waals surface area contributed by atoms with Gasteiger partial charge in [0.05, 0.1) is 18.3 Å². The standard InChI is InChI=1S/C11H18ClN3O/c1-11(16)4-3-5-15(8-11)7-10-13-6-9(12)14(10)2/h6,16H,3-5,7-8H2,1-2H3. The van der Waals surface area contributed by atoms with Crippen molar-refractivity contribution < 1.29 is 5.11 Å². The van der Waals surface area contributed by atoms with E-state index in [0.717, 1.165) is 31.8 Å². The van der Waals surface area contributed by atoms with Gasteiger partial charge in [-0.1, -0.05) is 11.6 Å². The number of likely N-dealkylation sites (tertiary alicyclic amines) is 1. The van der Waals surface area contributed by atoms with Crippen molar-refractivity contribution in [1.29, 1.82) is 0 Å². The summed E-state index contributed by atoms with van der Waals surface area (Å²) >= 11 is 5.94. The number of halogens is 1. The Bertz CT molecular complexity index is 375. The quantitative estimate of drug-likeness (QED) is 0.854. The van der Waals surface area contributed by atoms with Crippen molar-refractivity contribution in [2.24, 2.45) is 7.05 Å². The SMILES string of the molecule is Cn1c(Cl)cnc1CN1CCCC(C)(O)C1. The minimum Gasteiger partial charge on any atom is -0.389 e. The van der Waals surface area contributed by atoms with Gasteiger partial charge in [-0.3, -0.25) is 4.90 Å². The summed E-state index contributed by atoms with van der Waals surface area (Å²) in [5.41, 5.74) is -0.562. The van der Waals surface area contributed by atoms with E-state index in [2.05, 4.69) is 9.88 Å². The van der Waals surface area contributed by atoms with Crippen LogP contribution >= 0.6 is 11.6 Å². The van der Waals surface area contributed by atoms with Crippen molar-refractivity contribution in [3.63, 3.8) is 0 Å². The van der Waals surface area contributed by atoms with Crippen LogP contribution in [0.4, 0.5) is 0 Å². The average molecular weight is 244 g/mol. The van der Waals surface area contributed by atoms with E-state index < -0.39 is 5.60 Å². The van der Waals surface area contributed by atoms with Gasteiger partial charge in [0.2, 0.25) is 0 Å². The molecule has 90 valence electrons. The van der Waals surface area contributed by atoms with E-state index in [4.69, 9.17) is 11.6 Å². The number of nitrogens with zero attached hydrogens (tertiary/aromatic N) is 3. The summed E-state index contributed by atoms with van der Waals surface area (Å²) in [5, 5.41) is 10.7. The van der Waals surface area contributed by atoms with Crippen LogP contribution in [0.5, 0.6) is 0 Å². The van der Waals surface area contributed by atoms with Crippen molar-refractivity contribution in [2.45, 2.75) is 31.9 Å². The van der Waals surface area contributed by atoms with E-state index in [1.165, 1.54) is 0 Å². The maximum atomic E-state index is 10.0. The van der Waals surface area contributed by atoms with Crippen LogP contribution < -0.4 is 0 Å². The second-order valence-electron chi connectivity index (χ2n) is 4.87. The largest absolute Gasteiger partial charge is 0.389 e. The predicted molar refractivity (Wildman–Crippen MR) is 63.4 cm³/mol. The lowest BCUT2D eigenvalue weighted by Crippen LogP contribution is -2.45. The minimum atomic E-state index is -0.562. The van der Waals surface area contributed by atoms with Crippen LogP contribution in [0, 0.1) is 0 Å². The maximum Gasteiger partial charge on any atom is 0.128 e. The number of aromatic nitrogens is 2. The predicted octanol–water partition coefficient (Wildman–Crippen LogP) is 1.42. The Morgan fingerprint density at radius 1 is 1.62 bits per heavy atom. The van der Waals surface area contributed by atoms with Crippen LogP contribution in [-0.4, -0.2) is 38.2 Å². The Balaban J connectivity index is 2.02. The molecule has 0 bridgehead atoms. The topological polar surface area (TPSA) is 41.3 Å². The zero-order valence-corrected chi connectivity index (χ0v) is 10.5. The Morgan fingerprint density at radius 3 is 2.94 bits per heavy atom. The molecule has 0 radical (unpaired) electrons. The Labute approximate surface area is 101 Å². The van der Waals surface area contributed by atoms with Crippen molar-refractivity contribution in [3.05, 3.63) is 17.2 Å². The highest BCUT2D eigenvalue weighted by molar-refractivity contribution is 6.29. The molecule has 1 aliphatic heterocycles. The lowest BCUT2D eigenvalue weighted by Gasteiger charge is -2.36. The highest BCUT2D eigenvalue weighted by Gasteiger charge is 2.28. The third kappa shape index (κ3) is 2.56. The number of β-amino-alcohol motifs (C(OH)–C–C–N with tert-alkyl or cyclic N) is 1. The Hall–Kier alpha value is -0.580. The van der Waals surface area contributed by atoms with Gasteiger partial charge in [-0.25, -0.2) is 4.98 Å². The molecule has 4 nitrogen and oxygen atoms in total. The fourth-order valence-corrected chi connectivity index (χ4v) is 2.38. The van der Waals surface area contributed by atoms with Crippen LogP contribution in [0.2, 0.25) is 5.15 Å². The number of piperidine rings is 1. The van der Waals surface area contributed by atoms with Gasteiger partial charge in [-0.05, 0) is 26.3 Å². The molecular weight excluding hydrogens is 226 g/mol. The molecular formula is C11H18ClN3O. The highest BCUT2D eigenvalue weighted by Crippen LogP contribution is 2.22. The van der Waals surface area contributed by atoms with E-state index in [0.29, 0.717) is 11.7 Å². The molecule has 5 heteroatoms. The summed E-state index contributed by atoms with van der Waals surface area (Å²) in [6.07, 6.45) is 3.58. The number of rotatable bonds is 2. The minimum absolute atomic E-state index is 0.562. The first kappa shape index (κ1) is 11.9. The van der Waals surface area contributed by atoms with E-state index in [9.17, 15) is 5.11 Å². The van der Waals surface area contributed by atoms with Gasteiger partial charge in [0.15, 0.2) is 0 Å². The summed E-state index contributed by atoms with van der Waals surface area (Å²) in [6.45, 7) is 4.36. The lowest BCUT2D eigenvalue weighted by molar-refractivity contribution is -0.0190. The summed E-state index contributed by atoms with van der Waals surface area (Å²) in [7, 11) is 1.91. The van der Waals surface area contributed by atoms with Crippen molar-refractivity contribution in [2.75, 3.05) is 13.1 Å². The molecule has 1 fully saturated rings. The fourth-order valence-electron chi connectivity index (χ4n) is 2.23. The number of hydrogen-bond donors (Lipinski definition) is 1. The molecule has 1 unspecified atom stereocenters. The number of imidazole rings is 1. The molecule has 1 saturated heterocycles. The zero-order valence-electron chi connectivity index (χ0n) is 9.78. The molecule has 2 heterocycles. The first-order chi connectivity index (χ1) is 7.48. The highest BCUT2D eigenvalue weighted by atomic mass is 35.5. The van der Waals surface area contributed by atoms with Crippen LogP contribution in [0.3, 0.4) is 0 Å². The molecule has 0 saturated carbocycles. The van der Waals surface area contributed by atoms with Gasteiger partial charge >= 0.3 is 0 Å². The Kier molecular flexibility index (Phi) is 3.24. The second kappa shape index (κ2) is 4.35. The summed E-state index contributed by atoms with van der Waals surface area (Å²) in [5.74, 6) is 0.947. The molecule has 0 spiro atoms. The van der Waals surface area contributed by atoms with Crippen LogP contribution in [0.1, 0.15) is 25.6 Å². The normalized spacial score (nSPS) is 27.2. The monoisotopic (exact) mass is 243 g/mol. The van der Waals surface area contributed by atoms with Crippen molar-refractivity contribution in [3.8, 4) is 0 Å². The fraction of sp³-hybridized carbons (Fsp3) is 0.727. The Morgan fingerprint density at radius 2 is 2.38 bits per heavy atom. The van der Waals surface area contributed by atoms with Crippen LogP contribution in [-0.2, 0) is 13.6 Å². The second-order valence-corrected chi connectivity index (χ2v) is 5.25. The number of hydrogen-bond acceptors (Lipinski definition) is 3. The molecule has 0 amide bonds. The van der Waals surface area contributed by atoms with Gasteiger partial charge in [0.25, 0.3) is 0 Å². The van der Waals surface area contributed by atoms with Gasteiger partial charge in [0, 0.05) is 13.6 Å². The smallest absolute Gasteiger partial charge is 0.128 e. The molecule has 1 atom stereocenters. The summed E-state index contributed by atoms with van der Waals surface area (Å²) in [6, 6.07) is 0. The summed E-state index contributed by atoms with van der Waals surface area (Å²) in [4.78, 5) is 6.49. The van der Waals surface area contributed by atoms with Crippen molar-refractivity contribution in [1.82, 2.24) is 14.5 Å². The molecule has 1 aromatic rings. The molecule has 16 heavy (non-hydrogen) atoms.